The van der Waals surface area contributed by atoms with Crippen molar-refractivity contribution in [1.82, 2.24) is 5.32 Å². The number of alkyl halides is 3. The van der Waals surface area contributed by atoms with Crippen molar-refractivity contribution < 1.29 is 22.8 Å². The Balaban J connectivity index is 1.93. The van der Waals surface area contributed by atoms with Gasteiger partial charge in [0.15, 0.2) is 0 Å². The van der Waals surface area contributed by atoms with Crippen LogP contribution in [0.15, 0.2) is 18.2 Å². The molecule has 1 atom stereocenters. The van der Waals surface area contributed by atoms with Gasteiger partial charge in [0.05, 0.1) is 11.1 Å². The van der Waals surface area contributed by atoms with Gasteiger partial charge in [0.2, 0.25) is 0 Å². The number of amides is 2. The molecule has 4 nitrogen and oxygen atoms in total. The third-order valence-corrected chi connectivity index (χ3v) is 3.25. The average molecular weight is 300 g/mol. The van der Waals surface area contributed by atoms with Crippen molar-refractivity contribution in [2.45, 2.75) is 38.4 Å². The molecule has 0 saturated carbocycles. The van der Waals surface area contributed by atoms with Crippen LogP contribution in [0.4, 0.5) is 18.9 Å². The van der Waals surface area contributed by atoms with E-state index < -0.39 is 24.4 Å². The van der Waals surface area contributed by atoms with Crippen LogP contribution < -0.4 is 10.6 Å². The number of nitrogens with one attached hydrogen (secondary N) is 2. The highest BCUT2D eigenvalue weighted by Gasteiger charge is 2.27. The lowest BCUT2D eigenvalue weighted by atomic mass is 10.1. The fourth-order valence-corrected chi connectivity index (χ4v) is 2.22. The largest absolute Gasteiger partial charge is 0.389 e. The van der Waals surface area contributed by atoms with E-state index in [1.54, 1.807) is 13.0 Å². The van der Waals surface area contributed by atoms with Crippen molar-refractivity contribution in [2.24, 2.45) is 0 Å². The van der Waals surface area contributed by atoms with Gasteiger partial charge in [-0.25, -0.2) is 0 Å². The van der Waals surface area contributed by atoms with Crippen molar-refractivity contribution in [1.29, 1.82) is 0 Å². The quantitative estimate of drug-likeness (QED) is 0.822. The molecule has 2 amide bonds. The molecule has 0 aliphatic carbocycles. The lowest BCUT2D eigenvalue weighted by molar-refractivity contribution is -0.135. The van der Waals surface area contributed by atoms with E-state index in [-0.39, 0.29) is 18.0 Å². The second-order valence-electron chi connectivity index (χ2n) is 5.10. The van der Waals surface area contributed by atoms with Gasteiger partial charge < -0.3 is 5.32 Å². The van der Waals surface area contributed by atoms with Gasteiger partial charge >= 0.3 is 6.18 Å². The van der Waals surface area contributed by atoms with E-state index in [1.165, 1.54) is 12.1 Å². The molecule has 2 N–H and O–H groups in total. The summed E-state index contributed by atoms with van der Waals surface area (Å²) in [6, 6.07) is 4.54. The number of anilines is 1. The molecule has 1 aliphatic rings. The number of carbonyl (C=O) groups excluding carboxylic acids is 2. The number of fused-ring (bicyclic) bond motifs is 1. The summed E-state index contributed by atoms with van der Waals surface area (Å²) in [5.41, 5.74) is 1.21. The number of hydrogen-bond donors (Lipinski definition) is 2. The minimum atomic E-state index is -4.13. The van der Waals surface area contributed by atoms with Crippen LogP contribution in [0.5, 0.6) is 0 Å². The molecular weight excluding hydrogens is 285 g/mol. The molecule has 0 radical (unpaired) electrons. The Morgan fingerprint density at radius 2 is 1.86 bits per heavy atom. The van der Waals surface area contributed by atoms with Crippen LogP contribution in [-0.4, -0.2) is 24.0 Å². The fourth-order valence-electron chi connectivity index (χ4n) is 2.22. The summed E-state index contributed by atoms with van der Waals surface area (Å²) in [6.07, 6.45) is -4.53. The number of imide groups is 1. The lowest BCUT2D eigenvalue weighted by Gasteiger charge is -2.16. The van der Waals surface area contributed by atoms with Crippen LogP contribution in [0.25, 0.3) is 0 Å². The topological polar surface area (TPSA) is 58.2 Å². The Kier molecular flexibility index (Phi) is 4.20. The van der Waals surface area contributed by atoms with Crippen molar-refractivity contribution in [3.8, 4) is 0 Å². The van der Waals surface area contributed by atoms with E-state index in [9.17, 15) is 22.8 Å². The molecule has 0 bridgehead atoms. The predicted octanol–water partition coefficient (Wildman–Crippen LogP) is 3.10. The molecule has 0 fully saturated rings. The molecule has 0 saturated heterocycles. The molecule has 21 heavy (non-hydrogen) atoms. The highest BCUT2D eigenvalue weighted by molar-refractivity contribution is 6.21. The summed E-state index contributed by atoms with van der Waals surface area (Å²) >= 11 is 0. The van der Waals surface area contributed by atoms with Crippen LogP contribution in [-0.2, 0) is 0 Å². The monoisotopic (exact) mass is 300 g/mol. The summed E-state index contributed by atoms with van der Waals surface area (Å²) in [5.74, 6) is -0.886. The van der Waals surface area contributed by atoms with E-state index in [4.69, 9.17) is 0 Å². The molecule has 0 spiro atoms. The van der Waals surface area contributed by atoms with Gasteiger partial charge in [-0.05, 0) is 38.0 Å². The number of hydrogen-bond acceptors (Lipinski definition) is 3. The summed E-state index contributed by atoms with van der Waals surface area (Å²) in [6.45, 7) is 1.77. The second-order valence-corrected chi connectivity index (χ2v) is 5.10. The Morgan fingerprint density at radius 3 is 2.52 bits per heavy atom. The van der Waals surface area contributed by atoms with Crippen LogP contribution in [0.1, 0.15) is 46.9 Å². The van der Waals surface area contributed by atoms with Gasteiger partial charge in [-0.3, -0.25) is 14.9 Å². The lowest BCUT2D eigenvalue weighted by Crippen LogP contribution is -2.20. The Labute approximate surface area is 119 Å². The molecule has 1 heterocycles. The van der Waals surface area contributed by atoms with Gasteiger partial charge in [0, 0.05) is 18.2 Å². The van der Waals surface area contributed by atoms with Crippen molar-refractivity contribution in [2.75, 3.05) is 5.32 Å². The highest BCUT2D eigenvalue weighted by atomic mass is 19.4. The van der Waals surface area contributed by atoms with Gasteiger partial charge in [-0.2, -0.15) is 13.2 Å². The normalized spacial score (nSPS) is 15.6. The number of rotatable bonds is 5. The molecule has 2 rings (SSSR count). The number of halogens is 3. The standard InChI is InChI=1S/C14H15F3N2O2/c1-8(3-2-6-14(15,16)17)18-9-4-5-10-11(7-9)13(21)19-12(10)20/h4-5,7-8,18H,2-3,6H2,1H3,(H,19,20,21). The molecular formula is C14H15F3N2O2. The molecule has 0 aromatic heterocycles. The first-order chi connectivity index (χ1) is 9.76. The minimum Gasteiger partial charge on any atom is -0.383 e. The average Bonchev–Trinajstić information content (AvgIpc) is 2.63. The Morgan fingerprint density at radius 1 is 1.19 bits per heavy atom. The zero-order chi connectivity index (χ0) is 15.6. The SMILES string of the molecule is CC(CCCC(F)(F)F)Nc1ccc2c(c1)C(=O)NC2=O. The van der Waals surface area contributed by atoms with E-state index in [0.717, 1.165) is 0 Å². The fraction of sp³-hybridized carbons (Fsp3) is 0.429. The minimum absolute atomic E-state index is 0.0432. The van der Waals surface area contributed by atoms with Crippen LogP contribution >= 0.6 is 0 Å². The summed E-state index contributed by atoms with van der Waals surface area (Å²) in [5, 5.41) is 5.22. The Hall–Kier alpha value is -2.05. The zero-order valence-corrected chi connectivity index (χ0v) is 11.4. The van der Waals surface area contributed by atoms with E-state index in [0.29, 0.717) is 17.7 Å². The molecule has 1 aromatic carbocycles. The number of benzene rings is 1. The van der Waals surface area contributed by atoms with Gasteiger partial charge in [0.1, 0.15) is 0 Å². The summed E-state index contributed by atoms with van der Waals surface area (Å²) in [4.78, 5) is 22.9. The maximum atomic E-state index is 12.1. The Bertz CT molecular complexity index is 570. The third kappa shape index (κ3) is 3.96. The first-order valence-electron chi connectivity index (χ1n) is 6.59. The molecule has 1 aliphatic heterocycles. The van der Waals surface area contributed by atoms with E-state index in [2.05, 4.69) is 10.6 Å². The molecule has 7 heteroatoms. The number of carbonyl (C=O) groups is 2. The van der Waals surface area contributed by atoms with E-state index >= 15 is 0 Å². The third-order valence-electron chi connectivity index (χ3n) is 3.25. The molecule has 1 aromatic rings. The van der Waals surface area contributed by atoms with Crippen molar-refractivity contribution in [3.63, 3.8) is 0 Å². The predicted molar refractivity (Wildman–Crippen MR) is 71.2 cm³/mol. The maximum Gasteiger partial charge on any atom is 0.389 e. The van der Waals surface area contributed by atoms with Gasteiger partial charge in [-0.15, -0.1) is 0 Å². The summed E-state index contributed by atoms with van der Waals surface area (Å²) in [7, 11) is 0. The van der Waals surface area contributed by atoms with Crippen LogP contribution in [0.3, 0.4) is 0 Å². The first kappa shape index (κ1) is 15.3. The van der Waals surface area contributed by atoms with Gasteiger partial charge in [0.25, 0.3) is 11.8 Å². The van der Waals surface area contributed by atoms with E-state index in [1.807, 2.05) is 0 Å². The molecule has 114 valence electrons. The summed E-state index contributed by atoms with van der Waals surface area (Å²) < 4.78 is 36.2. The second kappa shape index (κ2) is 5.75. The smallest absolute Gasteiger partial charge is 0.383 e. The molecule has 1 unspecified atom stereocenters. The van der Waals surface area contributed by atoms with Crippen LogP contribution in [0, 0.1) is 0 Å². The zero-order valence-electron chi connectivity index (χ0n) is 11.4. The van der Waals surface area contributed by atoms with Gasteiger partial charge in [-0.1, -0.05) is 0 Å². The van der Waals surface area contributed by atoms with Crippen molar-refractivity contribution >= 4 is 17.5 Å². The first-order valence-corrected chi connectivity index (χ1v) is 6.59. The highest BCUT2D eigenvalue weighted by Crippen LogP contribution is 2.24. The van der Waals surface area contributed by atoms with Crippen LogP contribution in [0.2, 0.25) is 0 Å². The maximum absolute atomic E-state index is 12.1. The van der Waals surface area contributed by atoms with Crippen molar-refractivity contribution in [3.05, 3.63) is 29.3 Å².